The maximum Gasteiger partial charge on any atom is 0.244 e. The number of nitrogens with two attached hydrogens (primary N) is 1. The van der Waals surface area contributed by atoms with Crippen molar-refractivity contribution in [2.24, 2.45) is 11.7 Å². The summed E-state index contributed by atoms with van der Waals surface area (Å²) in [5.41, 5.74) is 7.52. The van der Waals surface area contributed by atoms with Gasteiger partial charge in [0.1, 0.15) is 0 Å². The zero-order valence-corrected chi connectivity index (χ0v) is 12.8. The Morgan fingerprint density at radius 1 is 1.29 bits per heavy atom. The van der Waals surface area contributed by atoms with Crippen molar-refractivity contribution in [2.75, 3.05) is 10.6 Å². The first-order chi connectivity index (χ1) is 9.86. The molecule has 0 aromatic heterocycles. The molecule has 1 saturated carbocycles. The molecule has 1 aliphatic rings. The van der Waals surface area contributed by atoms with Crippen LogP contribution in [-0.2, 0) is 9.59 Å². The van der Waals surface area contributed by atoms with E-state index in [1.165, 1.54) is 0 Å². The van der Waals surface area contributed by atoms with Gasteiger partial charge in [-0.05, 0) is 50.3 Å². The van der Waals surface area contributed by atoms with Crippen molar-refractivity contribution in [3.63, 3.8) is 0 Å². The highest BCUT2D eigenvalue weighted by atomic mass is 16.2. The first kappa shape index (κ1) is 15.5. The van der Waals surface area contributed by atoms with Gasteiger partial charge >= 0.3 is 0 Å². The predicted molar refractivity (Wildman–Crippen MR) is 84.0 cm³/mol. The van der Waals surface area contributed by atoms with Gasteiger partial charge in [-0.25, -0.2) is 0 Å². The van der Waals surface area contributed by atoms with Crippen LogP contribution in [0.4, 0.5) is 11.4 Å². The van der Waals surface area contributed by atoms with E-state index in [0.29, 0.717) is 17.8 Å². The van der Waals surface area contributed by atoms with Gasteiger partial charge in [0.25, 0.3) is 0 Å². The van der Waals surface area contributed by atoms with Crippen molar-refractivity contribution >= 4 is 23.2 Å². The molecule has 2 amide bonds. The molecule has 4 N–H and O–H groups in total. The average Bonchev–Trinajstić information content (AvgIpc) is 3.27. The third-order valence-electron chi connectivity index (χ3n) is 4.09. The van der Waals surface area contributed by atoms with Crippen LogP contribution in [0.15, 0.2) is 18.2 Å². The summed E-state index contributed by atoms with van der Waals surface area (Å²) in [6.07, 6.45) is 2.43. The molecule has 5 heteroatoms. The first-order valence-electron chi connectivity index (χ1n) is 7.36. The molecule has 1 atom stereocenters. The summed E-state index contributed by atoms with van der Waals surface area (Å²) in [5, 5.41) is 5.71. The van der Waals surface area contributed by atoms with E-state index >= 15 is 0 Å². The Balaban J connectivity index is 2.15. The average molecular weight is 289 g/mol. The monoisotopic (exact) mass is 289 g/mol. The van der Waals surface area contributed by atoms with E-state index in [4.69, 9.17) is 5.73 Å². The Kier molecular flexibility index (Phi) is 4.32. The lowest BCUT2D eigenvalue weighted by Crippen LogP contribution is -2.50. The van der Waals surface area contributed by atoms with Gasteiger partial charge in [-0.3, -0.25) is 9.59 Å². The number of anilines is 2. The number of carbonyl (C=O) groups is 2. The molecule has 0 heterocycles. The van der Waals surface area contributed by atoms with Crippen LogP contribution in [0.2, 0.25) is 0 Å². The molecule has 1 fully saturated rings. The van der Waals surface area contributed by atoms with E-state index in [-0.39, 0.29) is 17.7 Å². The highest BCUT2D eigenvalue weighted by Crippen LogP contribution is 2.38. The Labute approximate surface area is 125 Å². The van der Waals surface area contributed by atoms with Crippen LogP contribution in [-0.4, -0.2) is 17.4 Å². The van der Waals surface area contributed by atoms with Crippen LogP contribution in [0.3, 0.4) is 0 Å². The molecule has 2 rings (SSSR count). The van der Waals surface area contributed by atoms with E-state index < -0.39 is 5.54 Å². The fourth-order valence-corrected chi connectivity index (χ4v) is 2.27. The van der Waals surface area contributed by atoms with Crippen molar-refractivity contribution in [3.8, 4) is 0 Å². The summed E-state index contributed by atoms with van der Waals surface area (Å²) < 4.78 is 0. The van der Waals surface area contributed by atoms with Crippen LogP contribution in [0.5, 0.6) is 0 Å². The van der Waals surface area contributed by atoms with Gasteiger partial charge in [-0.1, -0.05) is 13.0 Å². The van der Waals surface area contributed by atoms with E-state index in [0.717, 1.165) is 18.4 Å². The van der Waals surface area contributed by atoms with E-state index in [2.05, 4.69) is 10.6 Å². The van der Waals surface area contributed by atoms with Crippen molar-refractivity contribution < 1.29 is 9.59 Å². The SMILES string of the molecule is CCC(=O)Nc1cccc(NC(=O)C(C)(N)C2CC2)c1C. The standard InChI is InChI=1S/C16H23N3O2/c1-4-14(20)18-12-6-5-7-13(10(12)2)19-15(21)16(3,17)11-8-9-11/h5-7,11H,4,8-9,17H2,1-3H3,(H,18,20)(H,19,21). The lowest BCUT2D eigenvalue weighted by atomic mass is 9.96. The predicted octanol–water partition coefficient (Wildman–Crippen LogP) is 2.41. The minimum Gasteiger partial charge on any atom is -0.326 e. The van der Waals surface area contributed by atoms with E-state index in [1.807, 2.05) is 19.1 Å². The van der Waals surface area contributed by atoms with Crippen LogP contribution in [0.25, 0.3) is 0 Å². The minimum atomic E-state index is -0.838. The van der Waals surface area contributed by atoms with Crippen LogP contribution in [0.1, 0.15) is 38.7 Å². The Hall–Kier alpha value is -1.88. The number of nitrogens with one attached hydrogen (secondary N) is 2. The number of benzene rings is 1. The zero-order chi connectivity index (χ0) is 15.6. The lowest BCUT2D eigenvalue weighted by Gasteiger charge is -2.24. The maximum atomic E-state index is 12.3. The smallest absolute Gasteiger partial charge is 0.244 e. The second kappa shape index (κ2) is 5.85. The van der Waals surface area contributed by atoms with Gasteiger partial charge < -0.3 is 16.4 Å². The van der Waals surface area contributed by atoms with Crippen LogP contribution in [0, 0.1) is 12.8 Å². The summed E-state index contributed by atoms with van der Waals surface area (Å²) >= 11 is 0. The molecular formula is C16H23N3O2. The minimum absolute atomic E-state index is 0.0526. The number of carbonyl (C=O) groups excluding carboxylic acids is 2. The number of hydrogen-bond acceptors (Lipinski definition) is 3. The molecule has 0 spiro atoms. The highest BCUT2D eigenvalue weighted by Gasteiger charge is 2.44. The number of hydrogen-bond donors (Lipinski definition) is 3. The van der Waals surface area contributed by atoms with Gasteiger partial charge in [-0.2, -0.15) is 0 Å². The molecule has 0 saturated heterocycles. The molecule has 1 aromatic carbocycles. The van der Waals surface area contributed by atoms with Crippen molar-refractivity contribution in [1.82, 2.24) is 0 Å². The Bertz CT molecular complexity index is 563. The quantitative estimate of drug-likeness (QED) is 0.778. The Morgan fingerprint density at radius 3 is 2.38 bits per heavy atom. The highest BCUT2D eigenvalue weighted by molar-refractivity contribution is 6.00. The molecule has 0 bridgehead atoms. The molecular weight excluding hydrogens is 266 g/mol. The Morgan fingerprint density at radius 2 is 1.86 bits per heavy atom. The molecule has 114 valence electrons. The van der Waals surface area contributed by atoms with Gasteiger partial charge in [-0.15, -0.1) is 0 Å². The van der Waals surface area contributed by atoms with Crippen LogP contribution < -0.4 is 16.4 Å². The molecule has 1 aliphatic carbocycles. The largest absolute Gasteiger partial charge is 0.326 e. The summed E-state index contributed by atoms with van der Waals surface area (Å²) in [4.78, 5) is 23.8. The summed E-state index contributed by atoms with van der Waals surface area (Å²) in [5.74, 6) is 0.0380. The van der Waals surface area contributed by atoms with Gasteiger partial charge in [0.15, 0.2) is 0 Å². The third-order valence-corrected chi connectivity index (χ3v) is 4.09. The molecule has 0 radical (unpaired) electrons. The molecule has 0 aliphatic heterocycles. The summed E-state index contributed by atoms with van der Waals surface area (Å²) in [6, 6.07) is 5.44. The summed E-state index contributed by atoms with van der Waals surface area (Å²) in [6.45, 7) is 5.44. The van der Waals surface area contributed by atoms with E-state index in [9.17, 15) is 9.59 Å². The van der Waals surface area contributed by atoms with Crippen molar-refractivity contribution in [1.29, 1.82) is 0 Å². The fourth-order valence-electron chi connectivity index (χ4n) is 2.27. The van der Waals surface area contributed by atoms with Crippen LogP contribution >= 0.6 is 0 Å². The number of rotatable bonds is 5. The fraction of sp³-hybridized carbons (Fsp3) is 0.500. The molecule has 1 unspecified atom stereocenters. The van der Waals surface area contributed by atoms with Crippen molar-refractivity contribution in [2.45, 2.75) is 45.6 Å². The third kappa shape index (κ3) is 3.42. The number of amides is 2. The molecule has 5 nitrogen and oxygen atoms in total. The molecule has 1 aromatic rings. The zero-order valence-electron chi connectivity index (χ0n) is 12.8. The second-order valence-electron chi connectivity index (χ2n) is 5.89. The first-order valence-corrected chi connectivity index (χ1v) is 7.36. The molecule has 21 heavy (non-hydrogen) atoms. The van der Waals surface area contributed by atoms with Gasteiger partial charge in [0, 0.05) is 17.8 Å². The lowest BCUT2D eigenvalue weighted by molar-refractivity contribution is -0.121. The second-order valence-corrected chi connectivity index (χ2v) is 5.89. The normalized spacial score (nSPS) is 17.0. The van der Waals surface area contributed by atoms with Gasteiger partial charge in [0.05, 0.1) is 5.54 Å². The maximum absolute atomic E-state index is 12.3. The van der Waals surface area contributed by atoms with E-state index in [1.54, 1.807) is 19.9 Å². The van der Waals surface area contributed by atoms with Crippen molar-refractivity contribution in [3.05, 3.63) is 23.8 Å². The summed E-state index contributed by atoms with van der Waals surface area (Å²) in [7, 11) is 0. The van der Waals surface area contributed by atoms with Gasteiger partial charge in [0.2, 0.25) is 11.8 Å². The topological polar surface area (TPSA) is 84.2 Å².